The zero-order chi connectivity index (χ0) is 22.0. The summed E-state index contributed by atoms with van der Waals surface area (Å²) < 4.78 is 19.8. The first-order chi connectivity index (χ1) is 14.9. The Morgan fingerprint density at radius 1 is 1.19 bits per heavy atom. The maximum atomic E-state index is 13.9. The van der Waals surface area contributed by atoms with Gasteiger partial charge >= 0.3 is 0 Å². The SMILES string of the molecule is CC[C@@H](C)Oc1cccc(CN2CC[C@]3(CCC(=O)N3c3cccc(F)c3)C[C@@H]2C)c1. The van der Waals surface area contributed by atoms with Gasteiger partial charge in [0.25, 0.3) is 0 Å². The van der Waals surface area contributed by atoms with Crippen LogP contribution in [0, 0.1) is 5.82 Å². The van der Waals surface area contributed by atoms with Crippen molar-refractivity contribution >= 4 is 11.6 Å². The Morgan fingerprint density at radius 2 is 2.00 bits per heavy atom. The van der Waals surface area contributed by atoms with Gasteiger partial charge in [-0.2, -0.15) is 0 Å². The second kappa shape index (κ2) is 8.99. The lowest BCUT2D eigenvalue weighted by Crippen LogP contribution is -2.56. The van der Waals surface area contributed by atoms with Crippen molar-refractivity contribution in [1.82, 2.24) is 4.90 Å². The van der Waals surface area contributed by atoms with Crippen LogP contribution in [0.25, 0.3) is 0 Å². The van der Waals surface area contributed by atoms with Crippen LogP contribution in [0.2, 0.25) is 0 Å². The van der Waals surface area contributed by atoms with Crippen LogP contribution in [-0.2, 0) is 11.3 Å². The quantitative estimate of drug-likeness (QED) is 0.609. The largest absolute Gasteiger partial charge is 0.491 e. The van der Waals surface area contributed by atoms with Crippen LogP contribution in [0.15, 0.2) is 48.5 Å². The molecule has 31 heavy (non-hydrogen) atoms. The van der Waals surface area contributed by atoms with Gasteiger partial charge in [0.15, 0.2) is 0 Å². The van der Waals surface area contributed by atoms with Gasteiger partial charge in [-0.15, -0.1) is 0 Å². The third kappa shape index (κ3) is 4.62. The highest BCUT2D eigenvalue weighted by molar-refractivity contribution is 5.97. The summed E-state index contributed by atoms with van der Waals surface area (Å²) in [5.41, 5.74) is 1.73. The Kier molecular flexibility index (Phi) is 6.33. The Labute approximate surface area is 185 Å². The Morgan fingerprint density at radius 3 is 2.74 bits per heavy atom. The van der Waals surface area contributed by atoms with E-state index in [1.807, 2.05) is 17.0 Å². The number of amides is 1. The Balaban J connectivity index is 1.47. The maximum Gasteiger partial charge on any atom is 0.227 e. The summed E-state index contributed by atoms with van der Waals surface area (Å²) in [4.78, 5) is 17.1. The van der Waals surface area contributed by atoms with E-state index in [4.69, 9.17) is 4.74 Å². The predicted molar refractivity (Wildman–Crippen MR) is 122 cm³/mol. The van der Waals surface area contributed by atoms with E-state index >= 15 is 0 Å². The molecule has 2 aliphatic heterocycles. The van der Waals surface area contributed by atoms with Crippen LogP contribution in [0.4, 0.5) is 10.1 Å². The minimum atomic E-state index is -0.294. The molecule has 3 atom stereocenters. The van der Waals surface area contributed by atoms with Crippen LogP contribution >= 0.6 is 0 Å². The molecule has 1 spiro atoms. The second-order valence-electron chi connectivity index (χ2n) is 9.19. The summed E-state index contributed by atoms with van der Waals surface area (Å²) >= 11 is 0. The van der Waals surface area contributed by atoms with Crippen LogP contribution in [0.5, 0.6) is 5.75 Å². The van der Waals surface area contributed by atoms with Crippen molar-refractivity contribution in [2.75, 3.05) is 11.4 Å². The van der Waals surface area contributed by atoms with Gasteiger partial charge in [-0.3, -0.25) is 9.69 Å². The molecule has 0 saturated carbocycles. The third-order valence-electron chi connectivity index (χ3n) is 6.95. The molecule has 4 rings (SSSR count). The van der Waals surface area contributed by atoms with Gasteiger partial charge in [-0.25, -0.2) is 4.39 Å². The van der Waals surface area contributed by atoms with E-state index in [1.165, 1.54) is 17.7 Å². The van der Waals surface area contributed by atoms with Gasteiger partial charge in [0.1, 0.15) is 11.6 Å². The number of piperidine rings is 1. The average molecular weight is 425 g/mol. The van der Waals surface area contributed by atoms with E-state index in [1.54, 1.807) is 6.07 Å². The summed E-state index contributed by atoms with van der Waals surface area (Å²) in [6.07, 6.45) is 4.38. The van der Waals surface area contributed by atoms with Crippen molar-refractivity contribution in [2.45, 2.75) is 77.1 Å². The van der Waals surface area contributed by atoms with E-state index in [0.717, 1.165) is 44.5 Å². The first-order valence-electron chi connectivity index (χ1n) is 11.5. The smallest absolute Gasteiger partial charge is 0.227 e. The lowest BCUT2D eigenvalue weighted by Gasteiger charge is -2.48. The van der Waals surface area contributed by atoms with Gasteiger partial charge in [0.05, 0.1) is 11.6 Å². The molecule has 2 fully saturated rings. The maximum absolute atomic E-state index is 13.9. The average Bonchev–Trinajstić information content (AvgIpc) is 3.06. The van der Waals surface area contributed by atoms with Crippen LogP contribution in [0.3, 0.4) is 0 Å². The standard InChI is InChI=1S/C26H33FN2O2/c1-4-20(3)31-24-10-5-7-21(15-24)18-28-14-13-26(17-19(28)2)12-11-25(30)29(26)23-9-6-8-22(27)16-23/h5-10,15-16,19-20H,4,11-14,17-18H2,1-3H3/t19-,20+,26+/m0/s1. The first kappa shape index (κ1) is 21.8. The molecule has 0 bridgehead atoms. The number of likely N-dealkylation sites (tertiary alicyclic amines) is 1. The second-order valence-corrected chi connectivity index (χ2v) is 9.19. The lowest BCUT2D eigenvalue weighted by molar-refractivity contribution is -0.117. The molecule has 0 aromatic heterocycles. The van der Waals surface area contributed by atoms with E-state index in [-0.39, 0.29) is 23.4 Å². The normalized spacial score (nSPS) is 25.2. The molecule has 2 aromatic rings. The molecular formula is C26H33FN2O2. The number of anilines is 1. The van der Waals surface area contributed by atoms with Crippen molar-refractivity contribution in [3.05, 3.63) is 59.9 Å². The van der Waals surface area contributed by atoms with E-state index in [2.05, 4.69) is 43.9 Å². The fourth-order valence-electron chi connectivity index (χ4n) is 5.15. The number of hydrogen-bond donors (Lipinski definition) is 0. The fourth-order valence-corrected chi connectivity index (χ4v) is 5.15. The number of ether oxygens (including phenoxy) is 1. The van der Waals surface area contributed by atoms with E-state index < -0.39 is 0 Å². The first-order valence-corrected chi connectivity index (χ1v) is 11.5. The number of hydrogen-bond acceptors (Lipinski definition) is 3. The molecule has 2 aromatic carbocycles. The number of carbonyl (C=O) groups excluding carboxylic acids is 1. The van der Waals surface area contributed by atoms with Crippen molar-refractivity contribution in [3.63, 3.8) is 0 Å². The molecule has 2 saturated heterocycles. The molecular weight excluding hydrogens is 391 g/mol. The minimum absolute atomic E-state index is 0.112. The molecule has 4 nitrogen and oxygen atoms in total. The van der Waals surface area contributed by atoms with Crippen molar-refractivity contribution in [2.24, 2.45) is 0 Å². The number of benzene rings is 2. The molecule has 0 aliphatic carbocycles. The fraction of sp³-hybridized carbons (Fsp3) is 0.500. The summed E-state index contributed by atoms with van der Waals surface area (Å²) in [6, 6.07) is 15.2. The topological polar surface area (TPSA) is 32.8 Å². The highest BCUT2D eigenvalue weighted by Gasteiger charge is 2.49. The molecule has 0 unspecified atom stereocenters. The number of nitrogens with zero attached hydrogens (tertiary/aromatic N) is 2. The molecule has 0 radical (unpaired) electrons. The molecule has 2 aliphatic rings. The molecule has 5 heteroatoms. The summed E-state index contributed by atoms with van der Waals surface area (Å²) in [5, 5.41) is 0. The van der Waals surface area contributed by atoms with Crippen LogP contribution in [0.1, 0.15) is 58.4 Å². The molecule has 2 heterocycles. The van der Waals surface area contributed by atoms with Gasteiger partial charge in [-0.1, -0.05) is 25.1 Å². The molecule has 166 valence electrons. The Hall–Kier alpha value is -2.40. The van der Waals surface area contributed by atoms with Crippen molar-refractivity contribution in [3.8, 4) is 5.75 Å². The summed E-state index contributed by atoms with van der Waals surface area (Å²) in [5.74, 6) is 0.741. The van der Waals surface area contributed by atoms with Crippen molar-refractivity contribution in [1.29, 1.82) is 0 Å². The van der Waals surface area contributed by atoms with E-state index in [9.17, 15) is 9.18 Å². The Bertz CT molecular complexity index is 933. The van der Waals surface area contributed by atoms with Crippen molar-refractivity contribution < 1.29 is 13.9 Å². The molecule has 0 N–H and O–H groups in total. The van der Waals surface area contributed by atoms with Gasteiger partial charge < -0.3 is 9.64 Å². The minimum Gasteiger partial charge on any atom is -0.491 e. The predicted octanol–water partition coefficient (Wildman–Crippen LogP) is 5.55. The van der Waals surface area contributed by atoms with Gasteiger partial charge in [0.2, 0.25) is 5.91 Å². The highest BCUT2D eigenvalue weighted by atomic mass is 19.1. The lowest BCUT2D eigenvalue weighted by atomic mass is 9.81. The number of carbonyl (C=O) groups is 1. The van der Waals surface area contributed by atoms with E-state index in [0.29, 0.717) is 18.2 Å². The zero-order valence-corrected chi connectivity index (χ0v) is 18.8. The van der Waals surface area contributed by atoms with Crippen LogP contribution in [-0.4, -0.2) is 35.0 Å². The van der Waals surface area contributed by atoms with Gasteiger partial charge in [-0.05, 0) is 75.4 Å². The van der Waals surface area contributed by atoms with Gasteiger partial charge in [0, 0.05) is 31.2 Å². The highest BCUT2D eigenvalue weighted by Crippen LogP contribution is 2.44. The zero-order valence-electron chi connectivity index (χ0n) is 18.8. The molecule has 1 amide bonds. The summed E-state index contributed by atoms with van der Waals surface area (Å²) in [6.45, 7) is 8.24. The van der Waals surface area contributed by atoms with Crippen LogP contribution < -0.4 is 9.64 Å². The third-order valence-corrected chi connectivity index (χ3v) is 6.95. The monoisotopic (exact) mass is 424 g/mol. The number of halogens is 1. The summed E-state index contributed by atoms with van der Waals surface area (Å²) in [7, 11) is 0. The number of rotatable bonds is 6.